The molecule has 1 saturated carbocycles. The summed E-state index contributed by atoms with van der Waals surface area (Å²) in [5.41, 5.74) is 4.35. The van der Waals surface area contributed by atoms with E-state index in [4.69, 9.17) is 23.2 Å². The molecule has 0 N–H and O–H groups in total. The van der Waals surface area contributed by atoms with Crippen molar-refractivity contribution < 1.29 is 0 Å². The van der Waals surface area contributed by atoms with Crippen LogP contribution in [-0.2, 0) is 6.42 Å². The summed E-state index contributed by atoms with van der Waals surface area (Å²) in [7, 11) is 0. The van der Waals surface area contributed by atoms with Crippen LogP contribution in [0.4, 0.5) is 0 Å². The highest BCUT2D eigenvalue weighted by Gasteiger charge is 2.30. The molecule has 3 heterocycles. The summed E-state index contributed by atoms with van der Waals surface area (Å²) in [6.45, 7) is 4.45. The van der Waals surface area contributed by atoms with Crippen LogP contribution in [0.25, 0.3) is 21.9 Å². The van der Waals surface area contributed by atoms with Crippen LogP contribution in [0.15, 0.2) is 59.5 Å². The number of halogens is 3. The molecule has 30 heavy (non-hydrogen) atoms. The van der Waals surface area contributed by atoms with E-state index in [-0.39, 0.29) is 6.04 Å². The molecule has 3 aromatic heterocycles. The molecule has 0 radical (unpaired) electrons. The van der Waals surface area contributed by atoms with E-state index in [2.05, 4.69) is 66.4 Å². The smallest absolute Gasteiger partial charge is 0.145 e. The third-order valence-electron chi connectivity index (χ3n) is 6.11. The number of nitrogens with zero attached hydrogens (tertiary/aromatic N) is 4. The minimum absolute atomic E-state index is 0.257. The third-order valence-corrected chi connectivity index (χ3v) is 7.53. The van der Waals surface area contributed by atoms with Gasteiger partial charge in [-0.1, -0.05) is 47.5 Å². The average Bonchev–Trinajstić information content (AvgIpc) is 3.31. The fraction of sp³-hybridized carbons (Fsp3) is 0.261. The Labute approximate surface area is 193 Å². The molecule has 0 aliphatic heterocycles. The van der Waals surface area contributed by atoms with Crippen LogP contribution >= 0.6 is 39.1 Å². The van der Waals surface area contributed by atoms with E-state index in [0.29, 0.717) is 16.2 Å². The summed E-state index contributed by atoms with van der Waals surface area (Å²) in [6, 6.07) is 10.7. The Morgan fingerprint density at radius 2 is 1.97 bits per heavy atom. The molecule has 2 atom stereocenters. The first kappa shape index (κ1) is 20.0. The van der Waals surface area contributed by atoms with Gasteiger partial charge in [0.05, 0.1) is 21.4 Å². The van der Waals surface area contributed by atoms with Gasteiger partial charge in [-0.3, -0.25) is 0 Å². The standard InChI is InChI=1S/C23H19BrCl2N4/c1-13-15(4-2-14-3-5-16-11-18(24)22(26)29-19(16)10-14)6-7-20(13)30-9-8-17-21(25)27-12-28-23(17)30/h3,5,8-12,15,20H,1-2,4,6-7H2. The fourth-order valence-corrected chi connectivity index (χ4v) is 5.17. The highest BCUT2D eigenvalue weighted by Crippen LogP contribution is 2.42. The monoisotopic (exact) mass is 500 g/mol. The van der Waals surface area contributed by atoms with Gasteiger partial charge < -0.3 is 4.57 Å². The van der Waals surface area contributed by atoms with Crippen molar-refractivity contribution in [1.82, 2.24) is 19.5 Å². The summed E-state index contributed by atoms with van der Waals surface area (Å²) in [4.78, 5) is 13.0. The van der Waals surface area contributed by atoms with E-state index >= 15 is 0 Å². The van der Waals surface area contributed by atoms with Crippen molar-refractivity contribution in [3.05, 3.63) is 75.4 Å². The predicted molar refractivity (Wildman–Crippen MR) is 126 cm³/mol. The number of rotatable bonds is 4. The van der Waals surface area contributed by atoms with Gasteiger partial charge in [-0.25, -0.2) is 15.0 Å². The number of benzene rings is 1. The molecule has 1 aliphatic carbocycles. The summed E-state index contributed by atoms with van der Waals surface area (Å²) in [6.07, 6.45) is 7.84. The van der Waals surface area contributed by atoms with Crippen LogP contribution in [0.5, 0.6) is 0 Å². The number of pyridine rings is 1. The van der Waals surface area contributed by atoms with Crippen molar-refractivity contribution in [2.45, 2.75) is 31.7 Å². The van der Waals surface area contributed by atoms with Gasteiger partial charge in [0.25, 0.3) is 0 Å². The number of fused-ring (bicyclic) bond motifs is 2. The second-order valence-corrected chi connectivity index (χ2v) is 9.39. The lowest BCUT2D eigenvalue weighted by atomic mass is 9.94. The zero-order valence-electron chi connectivity index (χ0n) is 16.2. The topological polar surface area (TPSA) is 43.6 Å². The van der Waals surface area contributed by atoms with Crippen molar-refractivity contribution in [2.75, 3.05) is 0 Å². The van der Waals surface area contributed by atoms with E-state index in [1.165, 1.54) is 17.5 Å². The summed E-state index contributed by atoms with van der Waals surface area (Å²) < 4.78 is 3.02. The van der Waals surface area contributed by atoms with E-state index in [0.717, 1.165) is 52.1 Å². The SMILES string of the molecule is C=C1C(CCc2ccc3cc(Br)c(Cl)nc3c2)CCC1n1ccc2c(Cl)ncnc21. The van der Waals surface area contributed by atoms with Gasteiger partial charge in [-0.05, 0) is 71.3 Å². The largest absolute Gasteiger partial charge is 0.325 e. The Balaban J connectivity index is 1.32. The van der Waals surface area contributed by atoms with Crippen molar-refractivity contribution in [3.63, 3.8) is 0 Å². The molecule has 5 rings (SSSR count). The zero-order valence-corrected chi connectivity index (χ0v) is 19.3. The molecule has 4 aromatic rings. The molecule has 0 bridgehead atoms. The van der Waals surface area contributed by atoms with Gasteiger partial charge in [0, 0.05) is 11.6 Å². The van der Waals surface area contributed by atoms with Crippen LogP contribution in [0.2, 0.25) is 10.3 Å². The number of aromatic nitrogens is 4. The summed E-state index contributed by atoms with van der Waals surface area (Å²) in [5, 5.41) is 2.97. The Hall–Kier alpha value is -1.95. The van der Waals surface area contributed by atoms with Crippen LogP contribution in [-0.4, -0.2) is 19.5 Å². The minimum atomic E-state index is 0.257. The Morgan fingerprint density at radius 1 is 1.10 bits per heavy atom. The lowest BCUT2D eigenvalue weighted by Crippen LogP contribution is -2.08. The second kappa shape index (κ2) is 7.95. The average molecular weight is 502 g/mol. The molecule has 4 nitrogen and oxygen atoms in total. The zero-order chi connectivity index (χ0) is 20.8. The number of hydrogen-bond donors (Lipinski definition) is 0. The van der Waals surface area contributed by atoms with Crippen LogP contribution in [0.1, 0.15) is 30.9 Å². The van der Waals surface area contributed by atoms with E-state index in [9.17, 15) is 0 Å². The Kier molecular flexibility index (Phi) is 5.30. The first-order valence-electron chi connectivity index (χ1n) is 9.91. The fourth-order valence-electron chi connectivity index (χ4n) is 4.50. The molecule has 1 aromatic carbocycles. The van der Waals surface area contributed by atoms with Gasteiger partial charge in [0.1, 0.15) is 22.3 Å². The number of allylic oxidation sites excluding steroid dienone is 1. The van der Waals surface area contributed by atoms with Crippen LogP contribution < -0.4 is 0 Å². The van der Waals surface area contributed by atoms with Crippen molar-refractivity contribution in [1.29, 1.82) is 0 Å². The third kappa shape index (κ3) is 3.53. The highest BCUT2D eigenvalue weighted by atomic mass is 79.9. The molecule has 0 amide bonds. The van der Waals surface area contributed by atoms with Gasteiger partial charge in [-0.15, -0.1) is 0 Å². The van der Waals surface area contributed by atoms with Crippen molar-refractivity contribution in [3.8, 4) is 0 Å². The molecular weight excluding hydrogens is 483 g/mol. The van der Waals surface area contributed by atoms with E-state index < -0.39 is 0 Å². The summed E-state index contributed by atoms with van der Waals surface area (Å²) >= 11 is 15.8. The minimum Gasteiger partial charge on any atom is -0.325 e. The molecule has 152 valence electrons. The molecule has 1 fully saturated rings. The molecule has 0 saturated heterocycles. The quantitative estimate of drug-likeness (QED) is 0.169. The maximum absolute atomic E-state index is 6.22. The van der Waals surface area contributed by atoms with Crippen LogP contribution in [0.3, 0.4) is 0 Å². The maximum Gasteiger partial charge on any atom is 0.145 e. The number of aryl methyl sites for hydroxylation is 1. The second-order valence-electron chi connectivity index (χ2n) is 7.82. The van der Waals surface area contributed by atoms with Gasteiger partial charge in [0.2, 0.25) is 0 Å². The van der Waals surface area contributed by atoms with Crippen molar-refractivity contribution >= 4 is 61.1 Å². The molecule has 0 spiro atoms. The van der Waals surface area contributed by atoms with E-state index in [1.54, 1.807) is 0 Å². The van der Waals surface area contributed by atoms with E-state index in [1.807, 2.05) is 12.1 Å². The normalized spacial score (nSPS) is 19.2. The maximum atomic E-state index is 6.22. The first-order chi connectivity index (χ1) is 14.5. The first-order valence-corrected chi connectivity index (χ1v) is 11.5. The lowest BCUT2D eigenvalue weighted by molar-refractivity contribution is 0.573. The predicted octanol–water partition coefficient (Wildman–Crippen LogP) is 7.19. The molecule has 1 aliphatic rings. The molecule has 7 heteroatoms. The number of hydrogen-bond acceptors (Lipinski definition) is 3. The van der Waals surface area contributed by atoms with Gasteiger partial charge in [0.15, 0.2) is 0 Å². The Morgan fingerprint density at radius 3 is 2.83 bits per heavy atom. The highest BCUT2D eigenvalue weighted by molar-refractivity contribution is 9.10. The molecular formula is C23H19BrCl2N4. The van der Waals surface area contributed by atoms with Crippen molar-refractivity contribution in [2.24, 2.45) is 5.92 Å². The lowest BCUT2D eigenvalue weighted by Gasteiger charge is -2.18. The molecule has 2 unspecified atom stereocenters. The van der Waals surface area contributed by atoms with Gasteiger partial charge in [-0.2, -0.15) is 0 Å². The Bertz CT molecular complexity index is 1280. The van der Waals surface area contributed by atoms with Gasteiger partial charge >= 0.3 is 0 Å². The summed E-state index contributed by atoms with van der Waals surface area (Å²) in [5.74, 6) is 0.488. The van der Waals surface area contributed by atoms with Crippen LogP contribution in [0, 0.1) is 5.92 Å².